The average molecular weight is 494 g/mol. The minimum absolute atomic E-state index is 0.0357. The van der Waals surface area contributed by atoms with E-state index < -0.39 is 11.5 Å². The Morgan fingerprint density at radius 2 is 1.72 bits per heavy atom. The molecule has 0 spiro atoms. The van der Waals surface area contributed by atoms with E-state index in [0.717, 1.165) is 11.1 Å². The molecule has 1 aliphatic rings. The second kappa shape index (κ2) is 11.6. The predicted molar refractivity (Wildman–Crippen MR) is 135 cm³/mol. The number of methoxy groups -OCH3 is 2. The highest BCUT2D eigenvalue weighted by atomic mass is 16.5. The van der Waals surface area contributed by atoms with Crippen molar-refractivity contribution in [3.05, 3.63) is 63.4 Å². The number of ether oxygens (including phenoxy) is 4. The van der Waals surface area contributed by atoms with Crippen molar-refractivity contribution in [3.63, 3.8) is 0 Å². The molecule has 2 heterocycles. The summed E-state index contributed by atoms with van der Waals surface area (Å²) in [6, 6.07) is 10.5. The number of pyridine rings is 1. The fourth-order valence-electron chi connectivity index (χ4n) is 3.57. The molecule has 3 aromatic rings. The second-order valence-electron chi connectivity index (χ2n) is 8.00. The van der Waals surface area contributed by atoms with Crippen LogP contribution in [0.5, 0.6) is 11.5 Å². The molecule has 0 saturated carbocycles. The number of anilines is 1. The number of aromatic nitrogens is 1. The number of nitrogens with zero attached hydrogens (tertiary/aromatic N) is 3. The van der Waals surface area contributed by atoms with Gasteiger partial charge in [-0.3, -0.25) is 9.59 Å². The maximum Gasteiger partial charge on any atom is 0.261 e. The maximum atomic E-state index is 13.1. The molecule has 0 aliphatic carbocycles. The molecule has 36 heavy (non-hydrogen) atoms. The molecule has 0 atom stereocenters. The predicted octanol–water partition coefficient (Wildman–Crippen LogP) is 3.31. The molecule has 0 radical (unpaired) electrons. The van der Waals surface area contributed by atoms with Crippen molar-refractivity contribution in [2.45, 2.75) is 6.92 Å². The van der Waals surface area contributed by atoms with Crippen LogP contribution in [0.4, 0.5) is 5.69 Å². The van der Waals surface area contributed by atoms with Crippen molar-refractivity contribution in [2.24, 2.45) is 15.4 Å². The standard InChI is InChI=1S/C25H27N5O6/c1-15-4-5-16(21-14-26-30-29-21)11-19(15)27-24(31)18-10-17-12-22(35-8-6-33-2)23(36-9-7-34-3)13-20(17)28-25(18)32/h4-5,10-13H,6-9,14H2,1-3H3,(H,27,31)(H,28,32). The van der Waals surface area contributed by atoms with Crippen LogP contribution < -0.4 is 20.3 Å². The lowest BCUT2D eigenvalue weighted by molar-refractivity contribution is 0.102. The molecule has 11 heteroatoms. The van der Waals surface area contributed by atoms with Gasteiger partial charge in [0.2, 0.25) is 0 Å². The highest BCUT2D eigenvalue weighted by Crippen LogP contribution is 2.32. The molecule has 0 fully saturated rings. The van der Waals surface area contributed by atoms with Crippen LogP contribution in [0.25, 0.3) is 10.9 Å². The van der Waals surface area contributed by atoms with E-state index in [1.54, 1.807) is 32.4 Å². The number of amides is 1. The number of hydrogen-bond acceptors (Lipinski definition) is 9. The summed E-state index contributed by atoms with van der Waals surface area (Å²) in [6.45, 7) is 3.64. The third-order valence-electron chi connectivity index (χ3n) is 5.51. The Morgan fingerprint density at radius 3 is 2.39 bits per heavy atom. The van der Waals surface area contributed by atoms with Crippen LogP contribution in [0, 0.1) is 6.92 Å². The van der Waals surface area contributed by atoms with E-state index in [1.165, 1.54) is 6.07 Å². The van der Waals surface area contributed by atoms with Gasteiger partial charge in [-0.15, -0.1) is 5.10 Å². The lowest BCUT2D eigenvalue weighted by Gasteiger charge is -2.14. The van der Waals surface area contributed by atoms with Gasteiger partial charge in [0.15, 0.2) is 11.5 Å². The molecule has 0 unspecified atom stereocenters. The molecular weight excluding hydrogens is 466 g/mol. The van der Waals surface area contributed by atoms with Crippen LogP contribution in [-0.4, -0.2) is 63.8 Å². The quantitative estimate of drug-likeness (QED) is 0.393. The monoisotopic (exact) mass is 493 g/mol. The zero-order valence-electron chi connectivity index (χ0n) is 20.3. The number of benzene rings is 2. The lowest BCUT2D eigenvalue weighted by Crippen LogP contribution is -2.23. The number of nitrogens with one attached hydrogen (secondary N) is 2. The molecule has 11 nitrogen and oxygen atoms in total. The van der Waals surface area contributed by atoms with Crippen LogP contribution in [0.3, 0.4) is 0 Å². The summed E-state index contributed by atoms with van der Waals surface area (Å²) >= 11 is 0. The van der Waals surface area contributed by atoms with Crippen molar-refractivity contribution in [1.29, 1.82) is 0 Å². The number of aromatic amines is 1. The number of carbonyl (C=O) groups excluding carboxylic acids is 1. The molecule has 4 rings (SSSR count). The van der Waals surface area contributed by atoms with Crippen LogP contribution in [0.15, 0.2) is 56.6 Å². The number of H-pyrrole nitrogens is 1. The minimum atomic E-state index is -0.539. The van der Waals surface area contributed by atoms with Gasteiger partial charge in [0.25, 0.3) is 11.5 Å². The zero-order valence-corrected chi connectivity index (χ0v) is 20.3. The summed E-state index contributed by atoms with van der Waals surface area (Å²) in [5.74, 6) is 0.374. The van der Waals surface area contributed by atoms with Gasteiger partial charge in [-0.25, -0.2) is 0 Å². The average Bonchev–Trinajstić information content (AvgIpc) is 3.40. The van der Waals surface area contributed by atoms with E-state index in [4.69, 9.17) is 18.9 Å². The van der Waals surface area contributed by atoms with E-state index in [-0.39, 0.29) is 5.56 Å². The first-order valence-corrected chi connectivity index (χ1v) is 11.3. The van der Waals surface area contributed by atoms with Crippen molar-refractivity contribution in [2.75, 3.05) is 52.5 Å². The van der Waals surface area contributed by atoms with Crippen LogP contribution >= 0.6 is 0 Å². The van der Waals surface area contributed by atoms with E-state index in [0.29, 0.717) is 66.8 Å². The highest BCUT2D eigenvalue weighted by Gasteiger charge is 2.17. The largest absolute Gasteiger partial charge is 0.487 e. The summed E-state index contributed by atoms with van der Waals surface area (Å²) < 4.78 is 21.7. The molecule has 2 aromatic carbocycles. The zero-order chi connectivity index (χ0) is 25.5. The van der Waals surface area contributed by atoms with Crippen molar-refractivity contribution < 1.29 is 23.7 Å². The Morgan fingerprint density at radius 1 is 1.00 bits per heavy atom. The number of aryl methyl sites for hydroxylation is 1. The van der Waals surface area contributed by atoms with Crippen LogP contribution in [-0.2, 0) is 9.47 Å². The van der Waals surface area contributed by atoms with Gasteiger partial charge < -0.3 is 29.2 Å². The van der Waals surface area contributed by atoms with Gasteiger partial charge in [-0.05, 0) is 35.9 Å². The SMILES string of the molecule is COCCOc1cc2cc(C(=O)Nc3cc(C4=NN=NC4)ccc3C)c(=O)[nH]c2cc1OCCOC. The van der Waals surface area contributed by atoms with Gasteiger partial charge in [0, 0.05) is 36.9 Å². The maximum absolute atomic E-state index is 13.1. The Hall–Kier alpha value is -4.09. The number of rotatable bonds is 11. The molecule has 0 bridgehead atoms. The molecule has 1 amide bonds. The van der Waals surface area contributed by atoms with E-state index in [1.807, 2.05) is 19.1 Å². The van der Waals surface area contributed by atoms with E-state index in [9.17, 15) is 9.59 Å². The highest BCUT2D eigenvalue weighted by molar-refractivity contribution is 6.08. The molecule has 0 saturated heterocycles. The summed E-state index contributed by atoms with van der Waals surface area (Å²) in [5, 5.41) is 14.9. The fourth-order valence-corrected chi connectivity index (χ4v) is 3.57. The smallest absolute Gasteiger partial charge is 0.261 e. The fraction of sp³-hybridized carbons (Fsp3) is 0.320. The van der Waals surface area contributed by atoms with Crippen LogP contribution in [0.1, 0.15) is 21.5 Å². The number of carbonyl (C=O) groups is 1. The Balaban J connectivity index is 1.63. The lowest BCUT2D eigenvalue weighted by atomic mass is 10.1. The van der Waals surface area contributed by atoms with Gasteiger partial charge in [0.1, 0.15) is 25.3 Å². The van der Waals surface area contributed by atoms with Gasteiger partial charge in [-0.2, -0.15) is 5.11 Å². The topological polar surface area (TPSA) is 136 Å². The van der Waals surface area contributed by atoms with Gasteiger partial charge in [-0.1, -0.05) is 12.1 Å². The summed E-state index contributed by atoms with van der Waals surface area (Å²) in [7, 11) is 3.16. The van der Waals surface area contributed by atoms with Crippen molar-refractivity contribution in [3.8, 4) is 11.5 Å². The first kappa shape index (κ1) is 25.0. The van der Waals surface area contributed by atoms with Crippen molar-refractivity contribution in [1.82, 2.24) is 4.98 Å². The number of fused-ring (bicyclic) bond motifs is 1. The van der Waals surface area contributed by atoms with E-state index >= 15 is 0 Å². The first-order valence-electron chi connectivity index (χ1n) is 11.3. The Bertz CT molecular complexity index is 1380. The van der Waals surface area contributed by atoms with Gasteiger partial charge >= 0.3 is 0 Å². The number of hydrogen-bond donors (Lipinski definition) is 2. The van der Waals surface area contributed by atoms with E-state index in [2.05, 4.69) is 25.7 Å². The molecule has 2 N–H and O–H groups in total. The molecule has 1 aromatic heterocycles. The molecular formula is C25H27N5O6. The summed E-state index contributed by atoms with van der Waals surface area (Å²) in [6.07, 6.45) is 0. The van der Waals surface area contributed by atoms with Crippen molar-refractivity contribution >= 4 is 28.2 Å². The third-order valence-corrected chi connectivity index (χ3v) is 5.51. The van der Waals surface area contributed by atoms with Gasteiger partial charge in [0.05, 0.1) is 24.4 Å². The second-order valence-corrected chi connectivity index (χ2v) is 8.00. The summed E-state index contributed by atoms with van der Waals surface area (Å²) in [5.41, 5.74) is 2.85. The Labute approximate surface area is 207 Å². The normalized spacial score (nSPS) is 12.6. The summed E-state index contributed by atoms with van der Waals surface area (Å²) in [4.78, 5) is 28.7. The third kappa shape index (κ3) is 5.75. The molecule has 1 aliphatic heterocycles. The first-order chi connectivity index (χ1) is 17.5. The minimum Gasteiger partial charge on any atom is -0.487 e. The Kier molecular flexibility index (Phi) is 8.03. The van der Waals surface area contributed by atoms with Crippen LogP contribution in [0.2, 0.25) is 0 Å². The molecule has 188 valence electrons.